The van der Waals surface area contributed by atoms with Gasteiger partial charge in [-0.3, -0.25) is 0 Å². The normalized spacial score (nSPS) is 9.94. The number of nitrogens with zero attached hydrogens (tertiary/aromatic N) is 2. The number of hydrogen-bond acceptors (Lipinski definition) is 1. The fraction of sp³-hybridized carbons (Fsp3) is 0. The maximum atomic E-state index is 8.79. The van der Waals surface area contributed by atoms with E-state index in [4.69, 9.17) is 5.26 Å². The topological polar surface area (TPSA) is 37.9 Å². The molecule has 2 nitrogen and oxygen atoms in total. The van der Waals surface area contributed by atoms with Crippen molar-refractivity contribution in [3.63, 3.8) is 0 Å². The summed E-state index contributed by atoms with van der Waals surface area (Å²) < 4.78 is 0. The van der Waals surface area contributed by atoms with Crippen molar-refractivity contribution in [2.24, 2.45) is 0 Å². The van der Waals surface area contributed by atoms with Gasteiger partial charge in [0.25, 0.3) is 0 Å². The Bertz CT molecular complexity index is 692. The Labute approximate surface area is 108 Å². The molecule has 0 fully saturated rings. The van der Waals surface area contributed by atoms with Gasteiger partial charge in [0.15, 0.2) is 0 Å². The van der Waals surface area contributed by atoms with Gasteiger partial charge in [-0.25, -0.2) is 0 Å². The van der Waals surface area contributed by atoms with Crippen LogP contribution in [0.25, 0.3) is 21.8 Å². The Morgan fingerprint density at radius 3 is 2.50 bits per heavy atom. The standard InChI is InChI=1S/C13H7N2.Ag/c14-8-9-5-6-11-10-3-1-2-4-12(10)15-13(11)7-9;/h1-7H;/q-1;+1. The third kappa shape index (κ3) is 1.56. The van der Waals surface area contributed by atoms with Crippen LogP contribution in [0.2, 0.25) is 0 Å². The summed E-state index contributed by atoms with van der Waals surface area (Å²) in [4.78, 5) is 4.47. The predicted molar refractivity (Wildman–Crippen MR) is 59.5 cm³/mol. The van der Waals surface area contributed by atoms with Gasteiger partial charge in [-0.15, -0.1) is 11.0 Å². The average Bonchev–Trinajstić information content (AvgIpc) is 2.66. The molecular weight excluding hydrogens is 292 g/mol. The summed E-state index contributed by atoms with van der Waals surface area (Å²) in [5, 5.41) is 11.1. The van der Waals surface area contributed by atoms with Crippen LogP contribution in [0, 0.1) is 11.3 Å². The van der Waals surface area contributed by atoms with Crippen LogP contribution in [0.3, 0.4) is 0 Å². The van der Waals surface area contributed by atoms with E-state index in [-0.39, 0.29) is 22.4 Å². The van der Waals surface area contributed by atoms with E-state index >= 15 is 0 Å². The van der Waals surface area contributed by atoms with Crippen molar-refractivity contribution in [1.82, 2.24) is 4.98 Å². The van der Waals surface area contributed by atoms with Gasteiger partial charge in [0.1, 0.15) is 0 Å². The molecular formula is C13H7AgN2. The number of nitriles is 1. The molecule has 0 atom stereocenters. The fourth-order valence-electron chi connectivity index (χ4n) is 1.85. The predicted octanol–water partition coefficient (Wildman–Crippen LogP) is 2.82. The molecule has 1 aromatic heterocycles. The van der Waals surface area contributed by atoms with Gasteiger partial charge in [0, 0.05) is 0 Å². The number of benzene rings is 2. The molecule has 3 heteroatoms. The molecule has 0 amide bonds. The van der Waals surface area contributed by atoms with Gasteiger partial charge in [-0.05, 0) is 16.8 Å². The molecule has 0 aliphatic carbocycles. The van der Waals surface area contributed by atoms with Crippen LogP contribution in [0.1, 0.15) is 5.56 Å². The van der Waals surface area contributed by atoms with Crippen LogP contribution in [-0.2, 0) is 22.4 Å². The molecule has 0 aliphatic heterocycles. The third-order valence-corrected chi connectivity index (χ3v) is 2.56. The number of rotatable bonds is 0. The first-order valence-electron chi connectivity index (χ1n) is 4.74. The Balaban J connectivity index is 0.000000963. The van der Waals surface area contributed by atoms with E-state index < -0.39 is 0 Å². The van der Waals surface area contributed by atoms with Gasteiger partial charge >= 0.3 is 22.4 Å². The molecule has 0 unspecified atom stereocenters. The molecule has 0 aliphatic rings. The largest absolute Gasteiger partial charge is 1.00 e. The van der Waals surface area contributed by atoms with Crippen LogP contribution in [0.5, 0.6) is 0 Å². The van der Waals surface area contributed by atoms with E-state index in [0.29, 0.717) is 5.56 Å². The second-order valence-corrected chi connectivity index (χ2v) is 3.47. The Kier molecular flexibility index (Phi) is 2.84. The van der Waals surface area contributed by atoms with Crippen molar-refractivity contribution >= 4 is 21.8 Å². The molecule has 2 aromatic carbocycles. The summed E-state index contributed by atoms with van der Waals surface area (Å²) >= 11 is 0. The van der Waals surface area contributed by atoms with Gasteiger partial charge < -0.3 is 4.98 Å². The maximum Gasteiger partial charge on any atom is 1.00 e. The summed E-state index contributed by atoms with van der Waals surface area (Å²) in [5.41, 5.74) is 2.54. The first kappa shape index (κ1) is 11.0. The SMILES string of the molecule is N#Cc1ccc2c(c1)[n-]c1ccccc12.[Ag+]. The zero-order valence-electron chi connectivity index (χ0n) is 8.24. The number of fused-ring (bicyclic) bond motifs is 3. The molecule has 0 saturated carbocycles. The molecule has 0 radical (unpaired) electrons. The van der Waals surface area contributed by atoms with Crippen molar-refractivity contribution < 1.29 is 22.4 Å². The second-order valence-electron chi connectivity index (χ2n) is 3.47. The minimum absolute atomic E-state index is 0. The molecule has 3 aromatic rings. The van der Waals surface area contributed by atoms with Gasteiger partial charge in [-0.2, -0.15) is 5.26 Å². The summed E-state index contributed by atoms with van der Waals surface area (Å²) in [6, 6.07) is 15.8. The van der Waals surface area contributed by atoms with Crippen molar-refractivity contribution in [2.75, 3.05) is 0 Å². The first-order chi connectivity index (χ1) is 7.38. The minimum Gasteiger partial charge on any atom is -0.657 e. The maximum absolute atomic E-state index is 8.79. The number of aromatic nitrogens is 1. The molecule has 80 valence electrons. The molecule has 0 N–H and O–H groups in total. The van der Waals surface area contributed by atoms with Crippen LogP contribution < -0.4 is 4.98 Å². The molecule has 3 rings (SSSR count). The van der Waals surface area contributed by atoms with E-state index in [2.05, 4.69) is 17.1 Å². The number of para-hydroxylation sites is 1. The number of hydrogen-bond donors (Lipinski definition) is 0. The summed E-state index contributed by atoms with van der Waals surface area (Å²) in [5.74, 6) is 0. The smallest absolute Gasteiger partial charge is 0.657 e. The fourth-order valence-corrected chi connectivity index (χ4v) is 1.85. The first-order valence-corrected chi connectivity index (χ1v) is 4.74. The van der Waals surface area contributed by atoms with Gasteiger partial charge in [0.05, 0.1) is 11.6 Å². The molecule has 1 heterocycles. The van der Waals surface area contributed by atoms with Crippen molar-refractivity contribution in [3.8, 4) is 6.07 Å². The minimum atomic E-state index is 0. The van der Waals surface area contributed by atoms with E-state index in [1.54, 1.807) is 0 Å². The second kappa shape index (κ2) is 4.15. The van der Waals surface area contributed by atoms with E-state index in [1.807, 2.05) is 36.4 Å². The van der Waals surface area contributed by atoms with Crippen LogP contribution >= 0.6 is 0 Å². The molecule has 16 heavy (non-hydrogen) atoms. The molecule has 0 saturated heterocycles. The van der Waals surface area contributed by atoms with Crippen LogP contribution in [0.15, 0.2) is 42.5 Å². The Hall–Kier alpha value is -1.53. The molecule has 0 spiro atoms. The summed E-state index contributed by atoms with van der Waals surface area (Å²) in [7, 11) is 0. The Morgan fingerprint density at radius 1 is 0.938 bits per heavy atom. The van der Waals surface area contributed by atoms with Crippen molar-refractivity contribution in [3.05, 3.63) is 48.0 Å². The van der Waals surface area contributed by atoms with E-state index in [1.165, 1.54) is 0 Å². The third-order valence-electron chi connectivity index (χ3n) is 2.56. The van der Waals surface area contributed by atoms with E-state index in [0.717, 1.165) is 21.8 Å². The van der Waals surface area contributed by atoms with Gasteiger partial charge in [-0.1, -0.05) is 36.4 Å². The monoisotopic (exact) mass is 298 g/mol. The van der Waals surface area contributed by atoms with Gasteiger partial charge in [0.2, 0.25) is 0 Å². The zero-order valence-corrected chi connectivity index (χ0v) is 9.72. The van der Waals surface area contributed by atoms with Crippen molar-refractivity contribution in [1.29, 1.82) is 5.26 Å². The summed E-state index contributed by atoms with van der Waals surface area (Å²) in [6.07, 6.45) is 0. The average molecular weight is 299 g/mol. The quantitative estimate of drug-likeness (QED) is 0.599. The Morgan fingerprint density at radius 2 is 1.69 bits per heavy atom. The van der Waals surface area contributed by atoms with E-state index in [9.17, 15) is 0 Å². The zero-order chi connectivity index (χ0) is 10.3. The molecule has 0 bridgehead atoms. The van der Waals surface area contributed by atoms with Crippen LogP contribution in [0.4, 0.5) is 0 Å². The van der Waals surface area contributed by atoms with Crippen molar-refractivity contribution in [2.45, 2.75) is 0 Å². The summed E-state index contributed by atoms with van der Waals surface area (Å²) in [6.45, 7) is 0. The van der Waals surface area contributed by atoms with Crippen LogP contribution in [-0.4, -0.2) is 0 Å².